The Morgan fingerprint density at radius 1 is 1.35 bits per heavy atom. The molecule has 0 unspecified atom stereocenters. The maximum absolute atomic E-state index is 11.8. The molecule has 0 atom stereocenters. The summed E-state index contributed by atoms with van der Waals surface area (Å²) in [6.07, 6.45) is 0.638. The van der Waals surface area contributed by atoms with Gasteiger partial charge < -0.3 is 10.2 Å². The Kier molecular flexibility index (Phi) is 3.10. The highest BCUT2D eigenvalue weighted by molar-refractivity contribution is 7.20. The van der Waals surface area contributed by atoms with Gasteiger partial charge in [-0.25, -0.2) is 0 Å². The number of hydrogen-bond acceptors (Lipinski definition) is 3. The Morgan fingerprint density at radius 3 is 2.76 bits per heavy atom. The zero-order valence-corrected chi connectivity index (χ0v) is 10.4. The largest absolute Gasteiger partial charge is 0.344 e. The topological polar surface area (TPSA) is 49.4 Å². The third kappa shape index (κ3) is 2.29. The number of thiophene rings is 1. The first-order valence-electron chi connectivity index (χ1n) is 5.07. The van der Waals surface area contributed by atoms with Crippen LogP contribution in [0.2, 0.25) is 0 Å². The Morgan fingerprint density at radius 2 is 2.12 bits per heavy atom. The number of nitrogens with one attached hydrogen (secondary N) is 1. The second-order valence-electron chi connectivity index (χ2n) is 3.83. The first-order chi connectivity index (χ1) is 8.11. The van der Waals surface area contributed by atoms with E-state index in [4.69, 9.17) is 0 Å². The Balaban J connectivity index is 2.43. The fourth-order valence-corrected chi connectivity index (χ4v) is 2.59. The van der Waals surface area contributed by atoms with Gasteiger partial charge >= 0.3 is 0 Å². The first kappa shape index (κ1) is 11.6. The van der Waals surface area contributed by atoms with Crippen LogP contribution in [0.3, 0.4) is 0 Å². The fourth-order valence-electron chi connectivity index (χ4n) is 1.53. The molecule has 1 N–H and O–H groups in total. The zero-order valence-electron chi connectivity index (χ0n) is 9.56. The lowest BCUT2D eigenvalue weighted by atomic mass is 10.2. The van der Waals surface area contributed by atoms with Crippen LogP contribution in [0, 0.1) is 0 Å². The number of amides is 2. The van der Waals surface area contributed by atoms with E-state index in [9.17, 15) is 9.59 Å². The summed E-state index contributed by atoms with van der Waals surface area (Å²) in [6.45, 7) is 0. The smallest absolute Gasteiger partial charge is 0.263 e. The number of anilines is 1. The molecule has 1 aromatic carbocycles. The summed E-state index contributed by atoms with van der Waals surface area (Å²) in [5.74, 6) is -0.00361. The van der Waals surface area contributed by atoms with E-state index in [2.05, 4.69) is 5.32 Å². The summed E-state index contributed by atoms with van der Waals surface area (Å²) in [6, 6.07) is 7.42. The normalized spacial score (nSPS) is 10.2. The first-order valence-corrected chi connectivity index (χ1v) is 5.89. The van der Waals surface area contributed by atoms with Gasteiger partial charge in [0.2, 0.25) is 6.41 Å². The van der Waals surface area contributed by atoms with Gasteiger partial charge in [0, 0.05) is 24.5 Å². The molecule has 0 radical (unpaired) electrons. The number of fused-ring (bicyclic) bond motifs is 1. The summed E-state index contributed by atoms with van der Waals surface area (Å²) < 4.78 is 1.03. The van der Waals surface area contributed by atoms with Gasteiger partial charge in [-0.1, -0.05) is 0 Å². The van der Waals surface area contributed by atoms with Crippen molar-refractivity contribution >= 4 is 39.4 Å². The highest BCUT2D eigenvalue weighted by atomic mass is 32.1. The van der Waals surface area contributed by atoms with Crippen molar-refractivity contribution in [3.63, 3.8) is 0 Å². The molecule has 2 amide bonds. The standard InChI is InChI=1S/C12H12N2O2S/c1-14(2)12(16)11-6-8-5-9(13-7-15)3-4-10(8)17-11/h3-7H,1-2H3,(H,13,15). The Bertz CT molecular complexity index is 575. The molecule has 0 aliphatic carbocycles. The van der Waals surface area contributed by atoms with Gasteiger partial charge in [-0.05, 0) is 29.7 Å². The number of nitrogens with zero attached hydrogens (tertiary/aromatic N) is 1. The number of benzene rings is 1. The molecule has 2 aromatic rings. The third-order valence-electron chi connectivity index (χ3n) is 2.36. The van der Waals surface area contributed by atoms with Gasteiger partial charge in [-0.15, -0.1) is 11.3 Å². The van der Waals surface area contributed by atoms with Crippen molar-refractivity contribution in [3.05, 3.63) is 29.1 Å². The molecule has 17 heavy (non-hydrogen) atoms. The second-order valence-corrected chi connectivity index (χ2v) is 4.91. The molecule has 88 valence electrons. The van der Waals surface area contributed by atoms with Crippen LogP contribution in [0.15, 0.2) is 24.3 Å². The van der Waals surface area contributed by atoms with Crippen LogP contribution >= 0.6 is 11.3 Å². The molecule has 4 nitrogen and oxygen atoms in total. The van der Waals surface area contributed by atoms with Gasteiger partial charge in [0.05, 0.1) is 4.88 Å². The zero-order chi connectivity index (χ0) is 12.4. The van der Waals surface area contributed by atoms with Crippen LogP contribution in [0.4, 0.5) is 5.69 Å². The van der Waals surface area contributed by atoms with Gasteiger partial charge in [0.25, 0.3) is 5.91 Å². The van der Waals surface area contributed by atoms with Crippen molar-refractivity contribution in [2.45, 2.75) is 0 Å². The highest BCUT2D eigenvalue weighted by Crippen LogP contribution is 2.28. The Labute approximate surface area is 103 Å². The van der Waals surface area contributed by atoms with Crippen LogP contribution in [0.25, 0.3) is 10.1 Å². The summed E-state index contributed by atoms with van der Waals surface area (Å²) in [7, 11) is 3.46. The SMILES string of the molecule is CN(C)C(=O)c1cc2cc(NC=O)ccc2s1. The second kappa shape index (κ2) is 4.55. The van der Waals surface area contributed by atoms with Crippen LogP contribution in [0.1, 0.15) is 9.67 Å². The maximum Gasteiger partial charge on any atom is 0.263 e. The minimum absolute atomic E-state index is 0.00361. The highest BCUT2D eigenvalue weighted by Gasteiger charge is 2.11. The number of rotatable bonds is 3. The molecule has 0 fully saturated rings. The van der Waals surface area contributed by atoms with Crippen molar-refractivity contribution in [3.8, 4) is 0 Å². The predicted molar refractivity (Wildman–Crippen MR) is 69.5 cm³/mol. The van der Waals surface area contributed by atoms with E-state index in [0.717, 1.165) is 15.8 Å². The van der Waals surface area contributed by atoms with Crippen LogP contribution in [0.5, 0.6) is 0 Å². The summed E-state index contributed by atoms with van der Waals surface area (Å²) in [5, 5.41) is 3.55. The van der Waals surface area contributed by atoms with Gasteiger partial charge in [0.15, 0.2) is 0 Å². The van der Waals surface area contributed by atoms with Crippen LogP contribution in [-0.2, 0) is 4.79 Å². The van der Waals surface area contributed by atoms with E-state index in [0.29, 0.717) is 11.3 Å². The lowest BCUT2D eigenvalue weighted by Gasteiger charge is -2.06. The molecule has 0 bridgehead atoms. The number of carbonyl (C=O) groups excluding carboxylic acids is 2. The molecule has 1 aromatic heterocycles. The molecule has 0 saturated heterocycles. The van der Waals surface area contributed by atoms with Crippen molar-refractivity contribution in [2.75, 3.05) is 19.4 Å². The summed E-state index contributed by atoms with van der Waals surface area (Å²) >= 11 is 1.45. The van der Waals surface area contributed by atoms with Crippen LogP contribution < -0.4 is 5.32 Å². The van der Waals surface area contributed by atoms with E-state index in [1.54, 1.807) is 19.0 Å². The number of carbonyl (C=O) groups is 2. The van der Waals surface area contributed by atoms with E-state index in [1.165, 1.54) is 11.3 Å². The van der Waals surface area contributed by atoms with Crippen molar-refractivity contribution in [2.24, 2.45) is 0 Å². The van der Waals surface area contributed by atoms with Gasteiger partial charge in [0.1, 0.15) is 0 Å². The third-order valence-corrected chi connectivity index (χ3v) is 3.46. The summed E-state index contributed by atoms with van der Waals surface area (Å²) in [5.41, 5.74) is 0.731. The Hall–Kier alpha value is -1.88. The minimum Gasteiger partial charge on any atom is -0.344 e. The van der Waals surface area contributed by atoms with E-state index in [-0.39, 0.29) is 5.91 Å². The molecule has 0 spiro atoms. The van der Waals surface area contributed by atoms with Gasteiger partial charge in [-0.3, -0.25) is 9.59 Å². The monoisotopic (exact) mass is 248 g/mol. The molecule has 2 rings (SSSR count). The predicted octanol–water partition coefficient (Wildman–Crippen LogP) is 2.17. The average Bonchev–Trinajstić information content (AvgIpc) is 2.71. The molecular formula is C12H12N2O2S. The van der Waals surface area contributed by atoms with Crippen molar-refractivity contribution in [1.82, 2.24) is 4.90 Å². The van der Waals surface area contributed by atoms with Crippen LogP contribution in [-0.4, -0.2) is 31.3 Å². The van der Waals surface area contributed by atoms with Gasteiger partial charge in [-0.2, -0.15) is 0 Å². The van der Waals surface area contributed by atoms with E-state index in [1.807, 2.05) is 24.3 Å². The fraction of sp³-hybridized carbons (Fsp3) is 0.167. The number of hydrogen-bond donors (Lipinski definition) is 1. The molecular weight excluding hydrogens is 236 g/mol. The summed E-state index contributed by atoms with van der Waals surface area (Å²) in [4.78, 5) is 24.4. The lowest BCUT2D eigenvalue weighted by Crippen LogP contribution is -2.20. The molecule has 0 saturated carbocycles. The van der Waals surface area contributed by atoms with E-state index < -0.39 is 0 Å². The lowest BCUT2D eigenvalue weighted by molar-refractivity contribution is -0.105. The average molecular weight is 248 g/mol. The molecule has 0 aliphatic rings. The molecule has 0 aliphatic heterocycles. The minimum atomic E-state index is -0.00361. The molecule has 5 heteroatoms. The van der Waals surface area contributed by atoms with Crippen molar-refractivity contribution < 1.29 is 9.59 Å². The quantitative estimate of drug-likeness (QED) is 0.846. The molecule has 1 heterocycles. The van der Waals surface area contributed by atoms with Crippen molar-refractivity contribution in [1.29, 1.82) is 0 Å². The maximum atomic E-state index is 11.8. The van der Waals surface area contributed by atoms with E-state index >= 15 is 0 Å².